The van der Waals surface area contributed by atoms with Crippen molar-refractivity contribution in [2.24, 2.45) is 11.8 Å². The Morgan fingerprint density at radius 1 is 1.02 bits per heavy atom. The molecule has 0 saturated carbocycles. The van der Waals surface area contributed by atoms with E-state index in [1.54, 1.807) is 70.5 Å². The Hall–Kier alpha value is -3.96. The molecule has 3 amide bonds. The van der Waals surface area contributed by atoms with Crippen LogP contribution >= 0.6 is 27.5 Å². The highest BCUT2D eigenvalue weighted by Crippen LogP contribution is 2.61. The average Bonchev–Trinajstić information content (AvgIpc) is 3.71. The predicted molar refractivity (Wildman–Crippen MR) is 193 cm³/mol. The summed E-state index contributed by atoms with van der Waals surface area (Å²) >= 11 is 9.97. The van der Waals surface area contributed by atoms with Gasteiger partial charge < -0.3 is 29.3 Å². The van der Waals surface area contributed by atoms with Crippen LogP contribution in [-0.4, -0.2) is 76.6 Å². The van der Waals surface area contributed by atoms with Crippen LogP contribution in [0.2, 0.25) is 5.02 Å². The van der Waals surface area contributed by atoms with E-state index < -0.39 is 54.0 Å². The van der Waals surface area contributed by atoms with E-state index in [9.17, 15) is 14.7 Å². The zero-order chi connectivity index (χ0) is 34.9. The fourth-order valence-electron chi connectivity index (χ4n) is 7.74. The maximum atomic E-state index is 15.0. The van der Waals surface area contributed by atoms with Crippen LogP contribution in [0.4, 0.5) is 11.4 Å². The Balaban J connectivity index is 1.47. The van der Waals surface area contributed by atoms with E-state index in [2.05, 4.69) is 29.1 Å². The Kier molecular flexibility index (Phi) is 10.3. The van der Waals surface area contributed by atoms with Crippen molar-refractivity contribution in [1.29, 1.82) is 0 Å². The third kappa shape index (κ3) is 6.09. The fourth-order valence-corrected chi connectivity index (χ4v) is 8.80. The summed E-state index contributed by atoms with van der Waals surface area (Å²) in [6.45, 7) is 10.1. The summed E-state index contributed by atoms with van der Waals surface area (Å²) in [5, 5.41) is 11.4. The van der Waals surface area contributed by atoms with Gasteiger partial charge in [0, 0.05) is 34.3 Å². The number of amides is 3. The highest BCUT2D eigenvalue weighted by atomic mass is 79.9. The van der Waals surface area contributed by atoms with Crippen LogP contribution in [0.5, 0.6) is 5.75 Å². The van der Waals surface area contributed by atoms with Crippen molar-refractivity contribution in [3.05, 3.63) is 115 Å². The second kappa shape index (κ2) is 14.5. The van der Waals surface area contributed by atoms with Gasteiger partial charge in [0.2, 0.25) is 11.8 Å². The van der Waals surface area contributed by atoms with Gasteiger partial charge in [-0.1, -0.05) is 70.0 Å². The summed E-state index contributed by atoms with van der Waals surface area (Å²) in [6.07, 6.45) is 2.88. The fraction of sp³-hybridized carbons (Fsp3) is 0.342. The van der Waals surface area contributed by atoms with Crippen LogP contribution in [0.15, 0.2) is 104 Å². The van der Waals surface area contributed by atoms with Gasteiger partial charge in [-0.25, -0.2) is 0 Å². The molecule has 3 fully saturated rings. The molecule has 0 aromatic heterocycles. The Bertz CT molecular complexity index is 1710. The van der Waals surface area contributed by atoms with Crippen molar-refractivity contribution in [2.45, 2.75) is 42.0 Å². The van der Waals surface area contributed by atoms with Gasteiger partial charge in [0.1, 0.15) is 17.4 Å². The molecule has 3 aromatic rings. The van der Waals surface area contributed by atoms with Crippen molar-refractivity contribution >= 4 is 56.6 Å². The molecule has 1 spiro atoms. The summed E-state index contributed by atoms with van der Waals surface area (Å²) in [4.78, 5) is 49.1. The summed E-state index contributed by atoms with van der Waals surface area (Å²) in [7, 11) is 0. The van der Waals surface area contributed by atoms with Crippen molar-refractivity contribution in [2.75, 3.05) is 36.1 Å². The van der Waals surface area contributed by atoms with Gasteiger partial charge in [-0.2, -0.15) is 0 Å². The zero-order valence-electron chi connectivity index (χ0n) is 27.2. The van der Waals surface area contributed by atoms with Crippen LogP contribution in [0.25, 0.3) is 0 Å². The molecule has 0 radical (unpaired) electrons. The van der Waals surface area contributed by atoms with Gasteiger partial charge in [0.15, 0.2) is 0 Å². The number of aliphatic hydroxyl groups excluding tert-OH is 1. The first-order valence-corrected chi connectivity index (χ1v) is 17.6. The number of carbonyl (C=O) groups excluding carboxylic acids is 3. The molecule has 256 valence electrons. The average molecular weight is 749 g/mol. The number of alkyl halides is 1. The van der Waals surface area contributed by atoms with Gasteiger partial charge in [-0.15, -0.1) is 13.2 Å². The quantitative estimate of drug-likeness (QED) is 0.171. The highest BCUT2D eigenvalue weighted by molar-refractivity contribution is 9.09. The van der Waals surface area contributed by atoms with Crippen LogP contribution < -0.4 is 14.5 Å². The molecule has 3 aromatic carbocycles. The molecule has 3 unspecified atom stereocenters. The van der Waals surface area contributed by atoms with Crippen LogP contribution in [0, 0.1) is 11.8 Å². The number of ether oxygens (including phenoxy) is 2. The summed E-state index contributed by atoms with van der Waals surface area (Å²) < 4.78 is 12.4. The molecule has 3 heterocycles. The van der Waals surface area contributed by atoms with E-state index >= 15 is 4.79 Å². The Morgan fingerprint density at radius 2 is 1.61 bits per heavy atom. The Morgan fingerprint density at radius 3 is 2.18 bits per heavy atom. The molecule has 1 N–H and O–H groups in total. The number of anilines is 2. The summed E-state index contributed by atoms with van der Waals surface area (Å²) in [5.41, 5.74) is 0.471. The number of fused-ring (bicyclic) bond motifs is 1. The molecule has 49 heavy (non-hydrogen) atoms. The molecule has 11 heteroatoms. The minimum atomic E-state index is -1.36. The number of halogens is 2. The van der Waals surface area contributed by atoms with Crippen LogP contribution in [0.3, 0.4) is 0 Å². The van der Waals surface area contributed by atoms with Gasteiger partial charge in [-0.3, -0.25) is 14.4 Å². The van der Waals surface area contributed by atoms with E-state index in [-0.39, 0.29) is 23.8 Å². The number of benzene rings is 3. The van der Waals surface area contributed by atoms with Crippen molar-refractivity contribution < 1.29 is 29.0 Å². The Labute approximate surface area is 299 Å². The number of nitrogens with zero attached hydrogens (tertiary/aromatic N) is 3. The van der Waals surface area contributed by atoms with Crippen LogP contribution in [-0.2, 0) is 19.1 Å². The van der Waals surface area contributed by atoms with E-state index in [4.69, 9.17) is 21.1 Å². The molecule has 3 aliphatic heterocycles. The zero-order valence-corrected chi connectivity index (χ0v) is 29.5. The van der Waals surface area contributed by atoms with Crippen molar-refractivity contribution in [3.63, 3.8) is 0 Å². The largest absolute Gasteiger partial charge is 0.494 e. The number of likely N-dealkylation sites (tertiary alicyclic amines) is 1. The molecule has 3 saturated heterocycles. The number of aliphatic hydroxyl groups is 1. The normalized spacial score (nSPS) is 25.8. The molecule has 2 bridgehead atoms. The van der Waals surface area contributed by atoms with Gasteiger partial charge >= 0.3 is 0 Å². The number of hydrogen-bond donors (Lipinski definition) is 1. The molecule has 3 aliphatic rings. The first-order chi connectivity index (χ1) is 23.7. The first-order valence-electron chi connectivity index (χ1n) is 16.3. The van der Waals surface area contributed by atoms with E-state index in [1.807, 2.05) is 37.3 Å². The molecule has 6 rings (SSSR count). The number of rotatable bonds is 13. The second-order valence-corrected chi connectivity index (χ2v) is 14.0. The molecular weight excluding hydrogens is 710 g/mol. The molecule has 7 atom stereocenters. The molecule has 0 aliphatic carbocycles. The second-order valence-electron chi connectivity index (χ2n) is 12.4. The predicted octanol–water partition coefficient (Wildman–Crippen LogP) is 5.96. The highest BCUT2D eigenvalue weighted by Gasteiger charge is 2.77. The van der Waals surface area contributed by atoms with Gasteiger partial charge in [0.05, 0.1) is 37.2 Å². The monoisotopic (exact) mass is 747 g/mol. The maximum Gasteiger partial charge on any atom is 0.253 e. The maximum absolute atomic E-state index is 15.0. The standard InChI is InChI=1S/C38H39BrClN3O6/c1-4-20-41(27-16-18-28(19-17-27)48-6-3)35(45)31-32-36(46)43(30(23-44)24-10-8-7-9-11-24)34(38(32)22-29(39)33(31)49-38)37(47)42(21-5-2)26-14-12-25(40)13-15-26/h4-5,7-19,29-34,44H,1-2,6,20-23H2,3H3/t29?,30-,31+,32+,33+,34?,38?/m1/s1. The lowest BCUT2D eigenvalue weighted by atomic mass is 9.70. The minimum Gasteiger partial charge on any atom is -0.494 e. The summed E-state index contributed by atoms with van der Waals surface area (Å²) in [5.74, 6) is -2.37. The lowest BCUT2D eigenvalue weighted by Crippen LogP contribution is -2.58. The molecule has 9 nitrogen and oxygen atoms in total. The minimum absolute atomic E-state index is 0.142. The van der Waals surface area contributed by atoms with Crippen molar-refractivity contribution in [3.8, 4) is 5.75 Å². The van der Waals surface area contributed by atoms with E-state index in [1.165, 1.54) is 4.90 Å². The topological polar surface area (TPSA) is 99.6 Å². The van der Waals surface area contributed by atoms with Crippen molar-refractivity contribution in [1.82, 2.24) is 4.90 Å². The third-order valence-electron chi connectivity index (χ3n) is 9.69. The van der Waals surface area contributed by atoms with Gasteiger partial charge in [-0.05, 0) is 67.4 Å². The van der Waals surface area contributed by atoms with Crippen LogP contribution in [0.1, 0.15) is 24.9 Å². The lowest BCUT2D eigenvalue weighted by Gasteiger charge is -2.39. The SMILES string of the molecule is C=CCN(C(=O)C1N([C@H](CO)c2ccccc2)C(=O)[C@@H]2[C@H](C(=O)N(CC=C)c3ccc(OCC)cc3)[C@H]3OC12CC3Br)c1ccc(Cl)cc1. The number of carbonyl (C=O) groups is 3. The first kappa shape index (κ1) is 34.9. The molecular formula is C38H39BrClN3O6. The van der Waals surface area contributed by atoms with E-state index in [0.717, 1.165) is 0 Å². The van der Waals surface area contributed by atoms with E-state index in [0.29, 0.717) is 40.7 Å². The number of hydrogen-bond acceptors (Lipinski definition) is 6. The summed E-state index contributed by atoms with van der Waals surface area (Å²) in [6, 6.07) is 21.1. The lowest BCUT2D eigenvalue weighted by molar-refractivity contribution is -0.144. The van der Waals surface area contributed by atoms with Gasteiger partial charge in [0.25, 0.3) is 5.91 Å². The third-order valence-corrected chi connectivity index (χ3v) is 10.8. The smallest absolute Gasteiger partial charge is 0.253 e.